The molecule has 0 spiro atoms. The fourth-order valence-corrected chi connectivity index (χ4v) is 1.51. The molecule has 70 valence electrons. The summed E-state index contributed by atoms with van der Waals surface area (Å²) in [4.78, 5) is 0. The van der Waals surface area contributed by atoms with E-state index in [-0.39, 0.29) is 0 Å². The molecule has 0 aromatic rings. The van der Waals surface area contributed by atoms with Gasteiger partial charge < -0.3 is 5.32 Å². The predicted molar refractivity (Wildman–Crippen MR) is 53.9 cm³/mol. The summed E-state index contributed by atoms with van der Waals surface area (Å²) in [6.45, 7) is 11.4. The fraction of sp³-hybridized carbons (Fsp3) is 0.818. The minimum absolute atomic E-state index is 0.344. The number of rotatable bonds is 1. The second-order valence-electron chi connectivity index (χ2n) is 5.14. The predicted octanol–water partition coefficient (Wildman–Crippen LogP) is 2.93. The highest BCUT2D eigenvalue weighted by Crippen LogP contribution is 2.32. The summed E-state index contributed by atoms with van der Waals surface area (Å²) in [5.74, 6) is 0.737. The average molecular weight is 167 g/mol. The van der Waals surface area contributed by atoms with Crippen molar-refractivity contribution in [3.8, 4) is 0 Å². The van der Waals surface area contributed by atoms with E-state index < -0.39 is 0 Å². The molecule has 0 radical (unpaired) electrons. The lowest BCUT2D eigenvalue weighted by atomic mass is 9.83. The second-order valence-corrected chi connectivity index (χ2v) is 5.14. The number of hydrogen-bond donors (Lipinski definition) is 1. The van der Waals surface area contributed by atoms with Crippen molar-refractivity contribution in [1.29, 1.82) is 0 Å². The Balaban J connectivity index is 2.55. The van der Waals surface area contributed by atoms with Crippen LogP contribution in [-0.4, -0.2) is 6.04 Å². The van der Waals surface area contributed by atoms with Crippen LogP contribution in [0.15, 0.2) is 11.8 Å². The molecule has 1 nitrogen and oxygen atoms in total. The summed E-state index contributed by atoms with van der Waals surface area (Å²) < 4.78 is 0. The molecular formula is C11H21N. The minimum Gasteiger partial charge on any atom is -0.388 e. The van der Waals surface area contributed by atoms with Crippen LogP contribution in [0.5, 0.6) is 0 Å². The van der Waals surface area contributed by atoms with Gasteiger partial charge in [0.1, 0.15) is 0 Å². The van der Waals surface area contributed by atoms with Crippen LogP contribution in [0.3, 0.4) is 0 Å². The molecule has 1 heteroatoms. The molecule has 0 bridgehead atoms. The summed E-state index contributed by atoms with van der Waals surface area (Å²) in [5, 5.41) is 3.45. The highest BCUT2D eigenvalue weighted by atomic mass is 14.9. The first-order chi connectivity index (χ1) is 5.41. The zero-order valence-corrected chi connectivity index (χ0v) is 8.94. The maximum absolute atomic E-state index is 3.45. The smallest absolute Gasteiger partial charge is 0.0316 e. The van der Waals surface area contributed by atoms with Crippen molar-refractivity contribution in [2.75, 3.05) is 0 Å². The van der Waals surface area contributed by atoms with E-state index in [1.54, 1.807) is 5.57 Å². The van der Waals surface area contributed by atoms with Gasteiger partial charge in [-0.05, 0) is 29.5 Å². The molecule has 1 aliphatic rings. The molecule has 0 aromatic heterocycles. The first-order valence-electron chi connectivity index (χ1n) is 4.87. The van der Waals surface area contributed by atoms with Gasteiger partial charge in [0.25, 0.3) is 0 Å². The van der Waals surface area contributed by atoms with Gasteiger partial charge in [0.15, 0.2) is 0 Å². The standard InChI is InChI=1S/C11H21N/c1-8(2)10-6-9(7-12-10)11(3,4)5/h7-8,10,12H,6H2,1-5H3. The second kappa shape index (κ2) is 3.12. The average Bonchev–Trinajstić information content (AvgIpc) is 2.30. The largest absolute Gasteiger partial charge is 0.388 e. The third-order valence-electron chi connectivity index (χ3n) is 2.68. The highest BCUT2D eigenvalue weighted by Gasteiger charge is 2.26. The normalized spacial score (nSPS) is 24.2. The van der Waals surface area contributed by atoms with Crippen molar-refractivity contribution < 1.29 is 0 Å². The van der Waals surface area contributed by atoms with Crippen molar-refractivity contribution in [3.05, 3.63) is 11.8 Å². The Hall–Kier alpha value is -0.460. The van der Waals surface area contributed by atoms with E-state index in [4.69, 9.17) is 0 Å². The van der Waals surface area contributed by atoms with Gasteiger partial charge in [0.2, 0.25) is 0 Å². The van der Waals surface area contributed by atoms with E-state index in [9.17, 15) is 0 Å². The zero-order valence-electron chi connectivity index (χ0n) is 8.94. The molecule has 0 aromatic carbocycles. The van der Waals surface area contributed by atoms with Crippen molar-refractivity contribution in [3.63, 3.8) is 0 Å². The summed E-state index contributed by atoms with van der Waals surface area (Å²) in [7, 11) is 0. The van der Waals surface area contributed by atoms with Gasteiger partial charge in [-0.3, -0.25) is 0 Å². The number of nitrogens with one attached hydrogen (secondary N) is 1. The van der Waals surface area contributed by atoms with Gasteiger partial charge in [-0.25, -0.2) is 0 Å². The zero-order chi connectivity index (χ0) is 9.35. The van der Waals surface area contributed by atoms with E-state index in [1.807, 2.05) is 0 Å². The molecule has 1 heterocycles. The SMILES string of the molecule is CC(C)C1CC(C(C)(C)C)=CN1. The van der Waals surface area contributed by atoms with Crippen LogP contribution >= 0.6 is 0 Å². The lowest BCUT2D eigenvalue weighted by Crippen LogP contribution is -2.25. The lowest BCUT2D eigenvalue weighted by Gasteiger charge is -2.21. The maximum Gasteiger partial charge on any atom is 0.0316 e. The Morgan fingerprint density at radius 2 is 2.00 bits per heavy atom. The molecule has 0 saturated heterocycles. The summed E-state index contributed by atoms with van der Waals surface area (Å²) in [6.07, 6.45) is 3.44. The number of hydrogen-bond acceptors (Lipinski definition) is 1. The van der Waals surface area contributed by atoms with Crippen LogP contribution in [0.1, 0.15) is 41.0 Å². The summed E-state index contributed by atoms with van der Waals surface area (Å²) in [6, 6.07) is 0.666. The van der Waals surface area contributed by atoms with Gasteiger partial charge in [0.05, 0.1) is 0 Å². The van der Waals surface area contributed by atoms with E-state index >= 15 is 0 Å². The molecule has 0 fully saturated rings. The molecule has 0 aliphatic carbocycles. The van der Waals surface area contributed by atoms with Crippen LogP contribution in [0, 0.1) is 11.3 Å². The van der Waals surface area contributed by atoms with Crippen LogP contribution in [-0.2, 0) is 0 Å². The van der Waals surface area contributed by atoms with Gasteiger partial charge >= 0.3 is 0 Å². The Morgan fingerprint density at radius 1 is 1.42 bits per heavy atom. The third kappa shape index (κ3) is 2.02. The highest BCUT2D eigenvalue weighted by molar-refractivity contribution is 5.17. The van der Waals surface area contributed by atoms with Crippen LogP contribution in [0.4, 0.5) is 0 Å². The quantitative estimate of drug-likeness (QED) is 0.633. The molecule has 1 atom stereocenters. The van der Waals surface area contributed by atoms with Gasteiger partial charge in [0, 0.05) is 6.04 Å². The fourth-order valence-electron chi connectivity index (χ4n) is 1.51. The molecule has 1 unspecified atom stereocenters. The molecule has 1 rings (SSSR count). The molecule has 0 saturated carbocycles. The Labute approximate surface area is 76.2 Å². The molecular weight excluding hydrogens is 146 g/mol. The third-order valence-corrected chi connectivity index (χ3v) is 2.68. The van der Waals surface area contributed by atoms with Crippen LogP contribution < -0.4 is 5.32 Å². The minimum atomic E-state index is 0.344. The van der Waals surface area contributed by atoms with Gasteiger partial charge in [-0.2, -0.15) is 0 Å². The maximum atomic E-state index is 3.45. The van der Waals surface area contributed by atoms with Crippen molar-refractivity contribution in [2.45, 2.75) is 47.1 Å². The Morgan fingerprint density at radius 3 is 2.25 bits per heavy atom. The van der Waals surface area contributed by atoms with E-state index in [1.165, 1.54) is 6.42 Å². The molecule has 1 N–H and O–H groups in total. The summed E-state index contributed by atoms with van der Waals surface area (Å²) >= 11 is 0. The lowest BCUT2D eigenvalue weighted by molar-refractivity contribution is 0.427. The van der Waals surface area contributed by atoms with Gasteiger partial charge in [-0.15, -0.1) is 0 Å². The molecule has 12 heavy (non-hydrogen) atoms. The van der Waals surface area contributed by atoms with Crippen molar-refractivity contribution >= 4 is 0 Å². The van der Waals surface area contributed by atoms with Crippen molar-refractivity contribution in [2.24, 2.45) is 11.3 Å². The van der Waals surface area contributed by atoms with E-state index in [0.29, 0.717) is 11.5 Å². The van der Waals surface area contributed by atoms with Crippen molar-refractivity contribution in [1.82, 2.24) is 5.32 Å². The van der Waals surface area contributed by atoms with Crippen LogP contribution in [0.2, 0.25) is 0 Å². The topological polar surface area (TPSA) is 12.0 Å². The molecule has 0 amide bonds. The first kappa shape index (κ1) is 9.63. The molecule has 1 aliphatic heterocycles. The summed E-state index contributed by atoms with van der Waals surface area (Å²) in [5.41, 5.74) is 1.90. The Kier molecular flexibility index (Phi) is 2.50. The Bertz CT molecular complexity index is 184. The van der Waals surface area contributed by atoms with Crippen LogP contribution in [0.25, 0.3) is 0 Å². The monoisotopic (exact) mass is 167 g/mol. The van der Waals surface area contributed by atoms with E-state index in [2.05, 4.69) is 46.1 Å². The van der Waals surface area contributed by atoms with Gasteiger partial charge in [-0.1, -0.05) is 34.6 Å². The van der Waals surface area contributed by atoms with E-state index in [0.717, 1.165) is 5.92 Å². The first-order valence-corrected chi connectivity index (χ1v) is 4.87.